The lowest BCUT2D eigenvalue weighted by Crippen LogP contribution is -2.41. The van der Waals surface area contributed by atoms with Crippen molar-refractivity contribution in [1.82, 2.24) is 0 Å². The second kappa shape index (κ2) is 5.08. The summed E-state index contributed by atoms with van der Waals surface area (Å²) in [6.45, 7) is 6.22. The van der Waals surface area contributed by atoms with Gasteiger partial charge >= 0.3 is 0 Å². The third kappa shape index (κ3) is 2.31. The summed E-state index contributed by atoms with van der Waals surface area (Å²) in [5, 5.41) is 15.7. The fourth-order valence-corrected chi connectivity index (χ4v) is 4.91. The first kappa shape index (κ1) is 14.3. The number of halogens is 1. The van der Waals surface area contributed by atoms with Crippen LogP contribution >= 0.6 is 38.6 Å². The molecule has 2 aromatic rings. The summed E-state index contributed by atoms with van der Waals surface area (Å²) in [4.78, 5) is 2.41. The van der Waals surface area contributed by atoms with Crippen LogP contribution in [0.5, 0.6) is 0 Å². The van der Waals surface area contributed by atoms with Crippen molar-refractivity contribution in [2.75, 3.05) is 5.33 Å². The van der Waals surface area contributed by atoms with Gasteiger partial charge in [-0.15, -0.1) is 22.7 Å². The van der Waals surface area contributed by atoms with E-state index in [1.54, 1.807) is 22.7 Å². The van der Waals surface area contributed by atoms with Gasteiger partial charge in [0.15, 0.2) is 0 Å². The molecule has 0 aliphatic carbocycles. The molecule has 0 radical (unpaired) electrons. The minimum absolute atomic E-state index is 0.219. The van der Waals surface area contributed by atoms with E-state index in [-0.39, 0.29) is 5.41 Å². The summed E-state index contributed by atoms with van der Waals surface area (Å²) < 4.78 is 0. The average Bonchev–Trinajstić information content (AvgIpc) is 2.95. The minimum atomic E-state index is -0.855. The molecule has 1 nitrogen and oxygen atoms in total. The zero-order valence-electron chi connectivity index (χ0n) is 10.7. The van der Waals surface area contributed by atoms with Gasteiger partial charge in [0.05, 0.1) is 4.88 Å². The number of rotatable bonds is 3. The average molecular weight is 345 g/mol. The van der Waals surface area contributed by atoms with Crippen molar-refractivity contribution in [2.24, 2.45) is 5.41 Å². The Bertz CT molecular complexity index is 510. The van der Waals surface area contributed by atoms with Crippen molar-refractivity contribution in [3.63, 3.8) is 0 Å². The highest BCUT2D eigenvalue weighted by molar-refractivity contribution is 9.09. The van der Waals surface area contributed by atoms with Crippen LogP contribution in [0.4, 0.5) is 0 Å². The molecule has 0 bridgehead atoms. The van der Waals surface area contributed by atoms with Crippen LogP contribution in [0.25, 0.3) is 9.75 Å². The fourth-order valence-electron chi connectivity index (χ4n) is 1.91. The van der Waals surface area contributed by atoms with Gasteiger partial charge in [0.1, 0.15) is 5.60 Å². The zero-order chi connectivity index (χ0) is 13.4. The molecule has 2 aromatic heterocycles. The first-order valence-electron chi connectivity index (χ1n) is 5.80. The van der Waals surface area contributed by atoms with Gasteiger partial charge in [-0.1, -0.05) is 42.8 Å². The third-order valence-corrected chi connectivity index (χ3v) is 6.07. The number of aliphatic hydroxyl groups is 1. The molecule has 0 aliphatic rings. The lowest BCUT2D eigenvalue weighted by molar-refractivity contribution is -0.0403. The Morgan fingerprint density at radius 1 is 1.17 bits per heavy atom. The molecule has 98 valence electrons. The van der Waals surface area contributed by atoms with Crippen LogP contribution in [-0.2, 0) is 5.60 Å². The number of thiophene rings is 2. The van der Waals surface area contributed by atoms with Crippen molar-refractivity contribution in [3.05, 3.63) is 34.5 Å². The predicted octanol–water partition coefficient (Wildman–Crippen LogP) is 5.11. The highest BCUT2D eigenvalue weighted by atomic mass is 79.9. The Morgan fingerprint density at radius 3 is 2.39 bits per heavy atom. The third-order valence-electron chi connectivity index (χ3n) is 3.29. The largest absolute Gasteiger partial charge is 0.384 e. The highest BCUT2D eigenvalue weighted by Crippen LogP contribution is 2.47. The summed E-state index contributed by atoms with van der Waals surface area (Å²) in [5.74, 6) is 0. The van der Waals surface area contributed by atoms with Gasteiger partial charge in [-0.2, -0.15) is 0 Å². The van der Waals surface area contributed by atoms with E-state index in [1.165, 1.54) is 9.75 Å². The monoisotopic (exact) mass is 344 g/mol. The molecule has 4 heteroatoms. The van der Waals surface area contributed by atoms with Gasteiger partial charge in [0.25, 0.3) is 0 Å². The predicted molar refractivity (Wildman–Crippen MR) is 84.8 cm³/mol. The molecule has 18 heavy (non-hydrogen) atoms. The molecule has 0 spiro atoms. The second-order valence-corrected chi connectivity index (χ2v) is 7.81. The van der Waals surface area contributed by atoms with Crippen molar-refractivity contribution >= 4 is 38.6 Å². The molecular weight excluding hydrogens is 328 g/mol. The van der Waals surface area contributed by atoms with Crippen LogP contribution in [0.1, 0.15) is 26.3 Å². The van der Waals surface area contributed by atoms with E-state index in [4.69, 9.17) is 0 Å². The summed E-state index contributed by atoms with van der Waals surface area (Å²) in [6, 6.07) is 6.21. The summed E-state index contributed by atoms with van der Waals surface area (Å²) in [7, 11) is 0. The van der Waals surface area contributed by atoms with Gasteiger partial charge in [-0.05, 0) is 28.3 Å². The molecule has 1 N–H and O–H groups in total. The van der Waals surface area contributed by atoms with E-state index in [0.29, 0.717) is 5.33 Å². The van der Waals surface area contributed by atoms with Crippen molar-refractivity contribution in [1.29, 1.82) is 0 Å². The number of hydrogen-bond donors (Lipinski definition) is 1. The van der Waals surface area contributed by atoms with E-state index in [1.807, 2.05) is 12.1 Å². The highest BCUT2D eigenvalue weighted by Gasteiger charge is 2.42. The minimum Gasteiger partial charge on any atom is -0.384 e. The molecule has 2 rings (SSSR count). The Labute approximate surface area is 125 Å². The first-order chi connectivity index (χ1) is 8.40. The Kier molecular flexibility index (Phi) is 4.02. The van der Waals surface area contributed by atoms with Crippen LogP contribution in [0.3, 0.4) is 0 Å². The van der Waals surface area contributed by atoms with E-state index in [9.17, 15) is 5.11 Å². The maximum atomic E-state index is 11.1. The van der Waals surface area contributed by atoms with E-state index in [2.05, 4.69) is 53.5 Å². The molecule has 0 saturated carbocycles. The molecule has 0 fully saturated rings. The standard InChI is InChI=1S/C14H17BrOS2/c1-13(2,3)14(16,9-15)10-6-8-18-12(10)11-5-4-7-17-11/h4-8,16H,9H2,1-3H3. The molecule has 2 heterocycles. The van der Waals surface area contributed by atoms with Gasteiger partial charge in [0, 0.05) is 15.8 Å². The van der Waals surface area contributed by atoms with Crippen LogP contribution < -0.4 is 0 Å². The van der Waals surface area contributed by atoms with Crippen molar-refractivity contribution in [2.45, 2.75) is 26.4 Å². The Morgan fingerprint density at radius 2 is 1.89 bits per heavy atom. The topological polar surface area (TPSA) is 20.2 Å². The number of alkyl halides is 1. The van der Waals surface area contributed by atoms with Gasteiger partial charge in [-0.3, -0.25) is 0 Å². The zero-order valence-corrected chi connectivity index (χ0v) is 14.0. The molecule has 0 amide bonds. The van der Waals surface area contributed by atoms with Crippen LogP contribution in [0.15, 0.2) is 29.0 Å². The van der Waals surface area contributed by atoms with Gasteiger partial charge in [-0.25, -0.2) is 0 Å². The summed E-state index contributed by atoms with van der Waals surface area (Å²) in [6.07, 6.45) is 0. The SMILES string of the molecule is CC(C)(C)C(O)(CBr)c1ccsc1-c1cccs1. The molecule has 1 atom stereocenters. The van der Waals surface area contributed by atoms with E-state index >= 15 is 0 Å². The maximum absolute atomic E-state index is 11.1. The normalized spacial score (nSPS) is 15.6. The van der Waals surface area contributed by atoms with Crippen LogP contribution in [0, 0.1) is 5.41 Å². The molecule has 0 aliphatic heterocycles. The van der Waals surface area contributed by atoms with Crippen LogP contribution in [-0.4, -0.2) is 10.4 Å². The van der Waals surface area contributed by atoms with E-state index in [0.717, 1.165) is 5.56 Å². The van der Waals surface area contributed by atoms with Gasteiger partial charge in [0.2, 0.25) is 0 Å². The van der Waals surface area contributed by atoms with Gasteiger partial charge < -0.3 is 5.11 Å². The van der Waals surface area contributed by atoms with Crippen molar-refractivity contribution < 1.29 is 5.11 Å². The lowest BCUT2D eigenvalue weighted by Gasteiger charge is -2.39. The molecule has 0 aromatic carbocycles. The fraction of sp³-hybridized carbons (Fsp3) is 0.429. The van der Waals surface area contributed by atoms with E-state index < -0.39 is 5.60 Å². The summed E-state index contributed by atoms with van der Waals surface area (Å²) in [5.41, 5.74) is -0.0464. The lowest BCUT2D eigenvalue weighted by atomic mass is 9.73. The molecule has 1 unspecified atom stereocenters. The second-order valence-electron chi connectivity index (χ2n) is 5.38. The number of hydrogen-bond acceptors (Lipinski definition) is 3. The smallest absolute Gasteiger partial charge is 0.105 e. The quantitative estimate of drug-likeness (QED) is 0.767. The summed E-state index contributed by atoms with van der Waals surface area (Å²) >= 11 is 6.90. The Balaban J connectivity index is 2.55. The van der Waals surface area contributed by atoms with Crippen LogP contribution in [0.2, 0.25) is 0 Å². The molecule has 0 saturated heterocycles. The first-order valence-corrected chi connectivity index (χ1v) is 8.68. The maximum Gasteiger partial charge on any atom is 0.105 e. The Hall–Kier alpha value is -0.160. The molecular formula is C14H17BrOS2. The van der Waals surface area contributed by atoms with Crippen molar-refractivity contribution in [3.8, 4) is 9.75 Å².